The molecule has 2 fully saturated rings. The number of rotatable bonds is 7. The number of imide groups is 1. The van der Waals surface area contributed by atoms with Gasteiger partial charge < -0.3 is 9.84 Å². The van der Waals surface area contributed by atoms with Crippen molar-refractivity contribution in [3.8, 4) is 11.4 Å². The molecule has 8 rings (SSSR count). The van der Waals surface area contributed by atoms with Crippen molar-refractivity contribution in [2.45, 2.75) is 30.3 Å². The number of hydrogen-bond acceptors (Lipinski definition) is 6. The van der Waals surface area contributed by atoms with E-state index in [2.05, 4.69) is 0 Å². The minimum absolute atomic E-state index is 0.101. The van der Waals surface area contributed by atoms with Gasteiger partial charge in [-0.15, -0.1) is 0 Å². The summed E-state index contributed by atoms with van der Waals surface area (Å²) < 4.78 is 9.68. The van der Waals surface area contributed by atoms with Crippen LogP contribution >= 0.6 is 11.6 Å². The molecular formula is C38H31ClN4O6. The minimum Gasteiger partial charge on any atom is -0.491 e. The Labute approximate surface area is 285 Å². The van der Waals surface area contributed by atoms with Crippen molar-refractivity contribution in [2.75, 3.05) is 18.1 Å². The number of aromatic nitrogens is 3. The summed E-state index contributed by atoms with van der Waals surface area (Å²) in [6.45, 7) is 0.0723. The van der Waals surface area contributed by atoms with Crippen LogP contribution in [0.4, 0.5) is 5.69 Å². The highest BCUT2D eigenvalue weighted by Crippen LogP contribution is 2.62. The molecular weight excluding hydrogens is 644 g/mol. The van der Waals surface area contributed by atoms with E-state index in [1.54, 1.807) is 60.7 Å². The van der Waals surface area contributed by atoms with Gasteiger partial charge in [-0.3, -0.25) is 9.59 Å². The van der Waals surface area contributed by atoms with E-state index in [1.807, 2.05) is 54.6 Å². The van der Waals surface area contributed by atoms with Crippen molar-refractivity contribution in [1.82, 2.24) is 13.9 Å². The normalized spacial score (nSPS) is 22.7. The van der Waals surface area contributed by atoms with Gasteiger partial charge in [-0.1, -0.05) is 84.4 Å². The first-order valence-electron chi connectivity index (χ1n) is 16.1. The number of aliphatic hydroxyl groups is 1. The van der Waals surface area contributed by atoms with Crippen LogP contribution in [0.5, 0.6) is 5.75 Å². The lowest BCUT2D eigenvalue weighted by molar-refractivity contribution is -0.124. The average molecular weight is 675 g/mol. The summed E-state index contributed by atoms with van der Waals surface area (Å²) in [4.78, 5) is 59.3. The largest absolute Gasteiger partial charge is 0.491 e. The lowest BCUT2D eigenvalue weighted by Gasteiger charge is -2.49. The maximum absolute atomic E-state index is 15.3. The van der Waals surface area contributed by atoms with E-state index in [0.29, 0.717) is 27.7 Å². The number of benzene rings is 4. The lowest BCUT2D eigenvalue weighted by atomic mass is 9.53. The Bertz CT molecular complexity index is 2240. The fraction of sp³-hybridized carbons (Fsp3) is 0.211. The number of nitrogens with zero attached hydrogens (tertiary/aromatic N) is 4. The number of carbonyl (C=O) groups is 2. The van der Waals surface area contributed by atoms with Gasteiger partial charge in [-0.2, -0.15) is 0 Å². The number of amides is 2. The number of anilines is 1. The van der Waals surface area contributed by atoms with Gasteiger partial charge >= 0.3 is 11.4 Å². The van der Waals surface area contributed by atoms with Crippen molar-refractivity contribution in [3.05, 3.63) is 158 Å². The van der Waals surface area contributed by atoms with E-state index >= 15 is 4.79 Å². The van der Waals surface area contributed by atoms with Gasteiger partial charge in [0.2, 0.25) is 11.8 Å². The van der Waals surface area contributed by atoms with Gasteiger partial charge in [0, 0.05) is 10.9 Å². The molecule has 3 aliphatic rings. The minimum atomic E-state index is -1.40. The molecule has 4 aromatic carbocycles. The van der Waals surface area contributed by atoms with Crippen LogP contribution in [0.1, 0.15) is 29.5 Å². The van der Waals surface area contributed by atoms with Crippen LogP contribution in [-0.2, 0) is 21.5 Å². The van der Waals surface area contributed by atoms with Crippen LogP contribution in [-0.4, -0.2) is 44.1 Å². The topological polar surface area (TPSA) is 116 Å². The van der Waals surface area contributed by atoms with Crippen molar-refractivity contribution < 1.29 is 19.4 Å². The Kier molecular flexibility index (Phi) is 7.50. The number of fused-ring (bicyclic) bond motifs is 4. The molecule has 0 spiro atoms. The van der Waals surface area contributed by atoms with Gasteiger partial charge in [0.25, 0.3) is 0 Å². The smallest absolute Gasteiger partial charge is 0.352 e. The number of ether oxygens (including phenoxy) is 1. The molecule has 5 aromatic rings. The van der Waals surface area contributed by atoms with Gasteiger partial charge in [-0.05, 0) is 65.6 Å². The zero-order valence-corrected chi connectivity index (χ0v) is 26.9. The van der Waals surface area contributed by atoms with Crippen molar-refractivity contribution in [3.63, 3.8) is 0 Å². The lowest BCUT2D eigenvalue weighted by Crippen LogP contribution is -2.53. The first-order valence-corrected chi connectivity index (χ1v) is 16.5. The second kappa shape index (κ2) is 11.9. The second-order valence-corrected chi connectivity index (χ2v) is 12.9. The standard InChI is InChI=1S/C38H31ClN4O6/c39-26-10-7-13-28(22-26)41-34(45)31-23-32-30(18-19-40-36(47)42(37(48)43(32)40)27-11-5-2-6-12-27)33(24-14-16-29(17-15-24)49-21-20-44)38(31,35(41)46)25-8-3-1-4-9-25/h1-18,22,31-33,44H,19-21,23H2. The molecule has 1 aromatic heterocycles. The fourth-order valence-electron chi connectivity index (χ4n) is 8.10. The van der Waals surface area contributed by atoms with Crippen LogP contribution < -0.4 is 21.0 Å². The zero-order valence-electron chi connectivity index (χ0n) is 26.2. The van der Waals surface area contributed by atoms with Gasteiger partial charge in [-0.25, -0.2) is 28.4 Å². The summed E-state index contributed by atoms with van der Waals surface area (Å²) in [5.41, 5.74) is 0.579. The molecule has 0 bridgehead atoms. The summed E-state index contributed by atoms with van der Waals surface area (Å²) in [5.74, 6) is -1.88. The molecule has 1 aliphatic carbocycles. The Morgan fingerprint density at radius 3 is 2.20 bits per heavy atom. The van der Waals surface area contributed by atoms with Crippen LogP contribution in [0.3, 0.4) is 0 Å². The number of carbonyl (C=O) groups excluding carboxylic acids is 2. The Morgan fingerprint density at radius 1 is 0.816 bits per heavy atom. The monoisotopic (exact) mass is 674 g/mol. The molecule has 0 radical (unpaired) electrons. The maximum atomic E-state index is 15.3. The predicted octanol–water partition coefficient (Wildman–Crippen LogP) is 4.62. The van der Waals surface area contributed by atoms with Gasteiger partial charge in [0.1, 0.15) is 12.4 Å². The van der Waals surface area contributed by atoms with E-state index < -0.39 is 46.5 Å². The molecule has 2 amide bonds. The van der Waals surface area contributed by atoms with E-state index in [0.717, 1.165) is 15.7 Å². The molecule has 2 aliphatic heterocycles. The van der Waals surface area contributed by atoms with Crippen LogP contribution in [0, 0.1) is 5.92 Å². The second-order valence-electron chi connectivity index (χ2n) is 12.4. The highest BCUT2D eigenvalue weighted by Gasteiger charge is 2.68. The highest BCUT2D eigenvalue weighted by molar-refractivity contribution is 6.32. The van der Waals surface area contributed by atoms with Crippen molar-refractivity contribution in [1.29, 1.82) is 0 Å². The first kappa shape index (κ1) is 30.9. The molecule has 1 N–H and O–H groups in total. The third-order valence-corrected chi connectivity index (χ3v) is 10.3. The summed E-state index contributed by atoms with van der Waals surface area (Å²) in [5, 5.41) is 9.68. The van der Waals surface area contributed by atoms with Crippen LogP contribution in [0.2, 0.25) is 5.02 Å². The summed E-state index contributed by atoms with van der Waals surface area (Å²) >= 11 is 6.38. The van der Waals surface area contributed by atoms with E-state index in [4.69, 9.17) is 16.3 Å². The number of hydrogen-bond donors (Lipinski definition) is 1. The zero-order chi connectivity index (χ0) is 33.9. The molecule has 246 valence electrons. The molecule has 3 heterocycles. The third-order valence-electron chi connectivity index (χ3n) is 10.0. The molecule has 1 saturated heterocycles. The Balaban J connectivity index is 1.38. The first-order chi connectivity index (χ1) is 23.9. The SMILES string of the molecule is O=C1C2CC3C(=CCn4c(=O)n(-c5ccccc5)c(=O)n43)C(c3ccc(OCCO)cc3)C2(c2ccccc2)C(=O)N1c1cccc(Cl)c1. The van der Waals surface area contributed by atoms with Gasteiger partial charge in [0.05, 0.1) is 41.9 Å². The number of aliphatic hydroxyl groups excluding tert-OH is 1. The number of para-hydroxylation sites is 1. The predicted molar refractivity (Wildman–Crippen MR) is 183 cm³/mol. The summed E-state index contributed by atoms with van der Waals surface area (Å²) in [7, 11) is 0. The maximum Gasteiger partial charge on any atom is 0.352 e. The number of halogens is 1. The average Bonchev–Trinajstić information content (AvgIpc) is 3.52. The number of allylic oxidation sites excluding steroid dienone is 2. The molecule has 11 heteroatoms. The Hall–Kier alpha value is -5.45. The summed E-state index contributed by atoms with van der Waals surface area (Å²) in [6.07, 6.45) is 2.04. The van der Waals surface area contributed by atoms with Crippen molar-refractivity contribution in [2.24, 2.45) is 5.92 Å². The van der Waals surface area contributed by atoms with Crippen LogP contribution in [0.25, 0.3) is 5.69 Å². The Morgan fingerprint density at radius 2 is 1.51 bits per heavy atom. The quantitative estimate of drug-likeness (QED) is 0.199. The fourth-order valence-corrected chi connectivity index (χ4v) is 8.28. The molecule has 49 heavy (non-hydrogen) atoms. The molecule has 4 unspecified atom stereocenters. The van der Waals surface area contributed by atoms with E-state index in [-0.39, 0.29) is 26.2 Å². The highest BCUT2D eigenvalue weighted by atomic mass is 35.5. The molecule has 10 nitrogen and oxygen atoms in total. The van der Waals surface area contributed by atoms with E-state index in [1.165, 1.54) is 14.3 Å². The van der Waals surface area contributed by atoms with Gasteiger partial charge in [0.15, 0.2) is 0 Å². The summed E-state index contributed by atoms with van der Waals surface area (Å²) in [6, 6.07) is 31.3. The van der Waals surface area contributed by atoms with E-state index in [9.17, 15) is 19.5 Å². The van der Waals surface area contributed by atoms with Crippen molar-refractivity contribution >= 4 is 29.1 Å². The molecule has 1 saturated carbocycles. The third kappa shape index (κ3) is 4.58. The molecule has 4 atom stereocenters. The van der Waals surface area contributed by atoms with Crippen LogP contribution in [0.15, 0.2) is 130 Å².